The molecule has 1 aliphatic heterocycles. The van der Waals surface area contributed by atoms with Crippen LogP contribution in [-0.2, 0) is 16.4 Å². The smallest absolute Gasteiger partial charge is 0.260 e. The Bertz CT molecular complexity index is 765. The lowest BCUT2D eigenvalue weighted by Crippen LogP contribution is -2.29. The average molecular weight is 350 g/mol. The summed E-state index contributed by atoms with van der Waals surface area (Å²) in [6.07, 6.45) is 12.5. The molecule has 0 amide bonds. The normalized spacial score (nSPS) is 20.8. The molecular formula is C18H20ClNO2S. The van der Waals surface area contributed by atoms with E-state index >= 15 is 0 Å². The Balaban J connectivity index is 1.75. The molecule has 0 fully saturated rings. The highest BCUT2D eigenvalue weighted by Gasteiger charge is 2.30. The van der Waals surface area contributed by atoms with Gasteiger partial charge in [-0.25, -0.2) is 8.42 Å². The van der Waals surface area contributed by atoms with Crippen LogP contribution >= 0.6 is 11.6 Å². The minimum absolute atomic E-state index is 0.0678. The highest BCUT2D eigenvalue weighted by molar-refractivity contribution is 7.93. The molecule has 0 spiro atoms. The van der Waals surface area contributed by atoms with Crippen molar-refractivity contribution in [3.8, 4) is 0 Å². The van der Waals surface area contributed by atoms with Crippen LogP contribution in [0.3, 0.4) is 0 Å². The molecule has 3 rings (SSSR count). The van der Waals surface area contributed by atoms with Crippen molar-refractivity contribution in [1.82, 2.24) is 4.31 Å². The molecule has 0 saturated carbocycles. The standard InChI is InChI=1S/C18H20ClNO2S/c19-17-8-5-6-15(14-17)10-11-16-7-1-2-9-18(16)23(21,22)20-12-3-4-13-20/h1,3,5-9,12,14,16H,2,4,10-11,13H2. The number of halogens is 1. The van der Waals surface area contributed by atoms with Crippen molar-refractivity contribution in [2.75, 3.05) is 6.54 Å². The number of nitrogens with zero attached hydrogens (tertiary/aromatic N) is 1. The predicted octanol–water partition coefficient (Wildman–Crippen LogP) is 4.28. The second-order valence-electron chi connectivity index (χ2n) is 5.83. The van der Waals surface area contributed by atoms with Crippen molar-refractivity contribution in [1.29, 1.82) is 0 Å². The fraction of sp³-hybridized carbons (Fsp3) is 0.333. The van der Waals surface area contributed by atoms with Crippen LogP contribution in [-0.4, -0.2) is 19.3 Å². The summed E-state index contributed by atoms with van der Waals surface area (Å²) in [7, 11) is -3.39. The fourth-order valence-electron chi connectivity index (χ4n) is 3.03. The van der Waals surface area contributed by atoms with Gasteiger partial charge >= 0.3 is 0 Å². The molecular weight excluding hydrogens is 330 g/mol. The number of allylic oxidation sites excluding steroid dienone is 4. The lowest BCUT2D eigenvalue weighted by molar-refractivity contribution is 0.515. The lowest BCUT2D eigenvalue weighted by atomic mass is 9.95. The average Bonchev–Trinajstić information content (AvgIpc) is 3.08. The molecule has 122 valence electrons. The number of sulfonamides is 1. The quantitative estimate of drug-likeness (QED) is 0.744. The summed E-state index contributed by atoms with van der Waals surface area (Å²) < 4.78 is 27.1. The molecule has 1 atom stereocenters. The lowest BCUT2D eigenvalue weighted by Gasteiger charge is -2.25. The van der Waals surface area contributed by atoms with Crippen molar-refractivity contribution >= 4 is 21.6 Å². The first kappa shape index (κ1) is 16.3. The Morgan fingerprint density at radius 2 is 2.13 bits per heavy atom. The van der Waals surface area contributed by atoms with E-state index in [-0.39, 0.29) is 5.92 Å². The Kier molecular flexibility index (Phi) is 4.93. The zero-order chi connectivity index (χ0) is 16.3. The predicted molar refractivity (Wildman–Crippen MR) is 94.5 cm³/mol. The van der Waals surface area contributed by atoms with Gasteiger partial charge in [0.2, 0.25) is 0 Å². The zero-order valence-electron chi connectivity index (χ0n) is 12.9. The van der Waals surface area contributed by atoms with Gasteiger partial charge < -0.3 is 0 Å². The summed E-state index contributed by atoms with van der Waals surface area (Å²) in [4.78, 5) is 0.536. The fourth-order valence-corrected chi connectivity index (χ4v) is 4.99. The molecule has 0 saturated heterocycles. The van der Waals surface area contributed by atoms with Crippen LogP contribution in [0.4, 0.5) is 0 Å². The van der Waals surface area contributed by atoms with Gasteiger partial charge in [0, 0.05) is 23.7 Å². The molecule has 3 nitrogen and oxygen atoms in total. The van der Waals surface area contributed by atoms with Gasteiger partial charge in [0.15, 0.2) is 0 Å². The maximum atomic E-state index is 12.8. The van der Waals surface area contributed by atoms with Gasteiger partial charge in [-0.2, -0.15) is 0 Å². The number of benzene rings is 1. The van der Waals surface area contributed by atoms with Crippen molar-refractivity contribution in [2.24, 2.45) is 5.92 Å². The summed E-state index contributed by atoms with van der Waals surface area (Å²) in [6, 6.07) is 7.74. The maximum absolute atomic E-state index is 12.8. The molecule has 5 heteroatoms. The van der Waals surface area contributed by atoms with Crippen molar-refractivity contribution in [2.45, 2.75) is 25.7 Å². The molecule has 0 aromatic heterocycles. The van der Waals surface area contributed by atoms with Gasteiger partial charge in [0.1, 0.15) is 0 Å². The van der Waals surface area contributed by atoms with Crippen molar-refractivity contribution < 1.29 is 8.42 Å². The summed E-state index contributed by atoms with van der Waals surface area (Å²) >= 11 is 6.02. The Hall–Kier alpha value is -1.52. The molecule has 0 bridgehead atoms. The minimum atomic E-state index is -3.39. The first-order valence-electron chi connectivity index (χ1n) is 7.87. The first-order valence-corrected chi connectivity index (χ1v) is 9.69. The van der Waals surface area contributed by atoms with Crippen LogP contribution in [0, 0.1) is 5.92 Å². The highest BCUT2D eigenvalue weighted by atomic mass is 35.5. The largest absolute Gasteiger partial charge is 0.274 e. The second-order valence-corrected chi connectivity index (χ2v) is 8.16. The monoisotopic (exact) mass is 349 g/mol. The third kappa shape index (κ3) is 3.70. The Morgan fingerprint density at radius 3 is 2.87 bits per heavy atom. The van der Waals surface area contributed by atoms with Gasteiger partial charge in [0.25, 0.3) is 10.0 Å². The van der Waals surface area contributed by atoms with Crippen LogP contribution in [0.15, 0.2) is 59.7 Å². The van der Waals surface area contributed by atoms with E-state index in [1.807, 2.05) is 48.6 Å². The number of hydrogen-bond donors (Lipinski definition) is 0. The van der Waals surface area contributed by atoms with E-state index in [4.69, 9.17) is 11.6 Å². The molecule has 1 aromatic rings. The van der Waals surface area contributed by atoms with E-state index in [9.17, 15) is 8.42 Å². The van der Waals surface area contributed by atoms with Crippen molar-refractivity contribution in [3.63, 3.8) is 0 Å². The van der Waals surface area contributed by atoms with E-state index in [2.05, 4.69) is 0 Å². The Labute approximate surface area is 143 Å². The first-order chi connectivity index (χ1) is 11.1. The van der Waals surface area contributed by atoms with Gasteiger partial charge in [-0.05, 0) is 43.4 Å². The van der Waals surface area contributed by atoms with Crippen LogP contribution in [0.25, 0.3) is 0 Å². The maximum Gasteiger partial charge on any atom is 0.260 e. The van der Waals surface area contributed by atoms with Crippen LogP contribution in [0.2, 0.25) is 5.02 Å². The molecule has 1 aliphatic carbocycles. The molecule has 1 heterocycles. The summed E-state index contributed by atoms with van der Waals surface area (Å²) in [5, 5.41) is 0.715. The number of aryl methyl sites for hydroxylation is 1. The van der Waals surface area contributed by atoms with E-state index in [0.29, 0.717) is 22.9 Å². The highest BCUT2D eigenvalue weighted by Crippen LogP contribution is 2.31. The molecule has 1 unspecified atom stereocenters. The molecule has 23 heavy (non-hydrogen) atoms. The van der Waals surface area contributed by atoms with Crippen LogP contribution in [0.1, 0.15) is 24.8 Å². The Morgan fingerprint density at radius 1 is 1.26 bits per heavy atom. The minimum Gasteiger partial charge on any atom is -0.274 e. The van der Waals surface area contributed by atoms with E-state index in [1.54, 1.807) is 6.20 Å². The van der Waals surface area contributed by atoms with E-state index in [0.717, 1.165) is 24.8 Å². The van der Waals surface area contributed by atoms with Gasteiger partial charge in [-0.3, -0.25) is 4.31 Å². The SMILES string of the molecule is O=S(=O)(C1=CCC=CC1CCc1cccc(Cl)c1)N1C=CCC1. The zero-order valence-corrected chi connectivity index (χ0v) is 14.4. The number of rotatable bonds is 5. The van der Waals surface area contributed by atoms with Gasteiger partial charge in [-0.15, -0.1) is 0 Å². The molecule has 0 N–H and O–H groups in total. The summed E-state index contributed by atoms with van der Waals surface area (Å²) in [5.74, 6) is -0.0678. The van der Waals surface area contributed by atoms with E-state index < -0.39 is 10.0 Å². The van der Waals surface area contributed by atoms with Gasteiger partial charge in [-0.1, -0.05) is 48.0 Å². The third-order valence-electron chi connectivity index (χ3n) is 4.22. The second kappa shape index (κ2) is 6.93. The van der Waals surface area contributed by atoms with Gasteiger partial charge in [0.05, 0.1) is 4.91 Å². The van der Waals surface area contributed by atoms with Crippen LogP contribution in [0.5, 0.6) is 0 Å². The summed E-state index contributed by atoms with van der Waals surface area (Å²) in [5.41, 5.74) is 1.13. The molecule has 0 radical (unpaired) electrons. The van der Waals surface area contributed by atoms with E-state index in [1.165, 1.54) is 4.31 Å². The molecule has 2 aliphatic rings. The topological polar surface area (TPSA) is 37.4 Å². The van der Waals surface area contributed by atoms with Crippen LogP contribution < -0.4 is 0 Å². The number of hydrogen-bond acceptors (Lipinski definition) is 2. The summed E-state index contributed by atoms with van der Waals surface area (Å²) in [6.45, 7) is 0.546. The molecule has 1 aromatic carbocycles. The third-order valence-corrected chi connectivity index (χ3v) is 6.44. The van der Waals surface area contributed by atoms with Crippen molar-refractivity contribution in [3.05, 3.63) is 70.3 Å².